The Hall–Kier alpha value is -3.01. The molecule has 3 N–H and O–H groups in total. The molecule has 1 atom stereocenters. The minimum Gasteiger partial charge on any atom is -0.395 e. The average molecular weight is 476 g/mol. The maximum Gasteiger partial charge on any atom is 0.353 e. The Labute approximate surface area is 196 Å². The maximum absolute atomic E-state index is 14.6. The molecule has 0 amide bonds. The van der Waals surface area contributed by atoms with Crippen LogP contribution in [-0.2, 0) is 11.3 Å². The standard InChI is InChI=1S/C23H27ClFN5O3/c1-14(2)33-19-10-15(3)20(12-18(25)11-19)27-22-28-21(26-8-9-31)29-23(32)30(22)13-16-4-6-17(24)7-5-16/h4-7,10-12,14,19,31H,8-9,13H2,1-3H3,(H2,26,27,28,29,32). The van der Waals surface area contributed by atoms with Crippen LogP contribution in [0.1, 0.15) is 26.3 Å². The third-order valence-corrected chi connectivity index (χ3v) is 4.92. The fourth-order valence-corrected chi connectivity index (χ4v) is 3.30. The Morgan fingerprint density at radius 3 is 2.64 bits per heavy atom. The molecule has 1 aliphatic rings. The smallest absolute Gasteiger partial charge is 0.353 e. The SMILES string of the molecule is CC1=CC(OC(C)C)C=C(F)C=C1Nc1nc(NCCO)nc(=O)n1Cc1ccc(Cl)cc1. The summed E-state index contributed by atoms with van der Waals surface area (Å²) >= 11 is 5.96. The van der Waals surface area contributed by atoms with Crippen LogP contribution >= 0.6 is 11.6 Å². The van der Waals surface area contributed by atoms with Gasteiger partial charge in [0.1, 0.15) is 5.83 Å². The highest BCUT2D eigenvalue weighted by atomic mass is 35.5. The van der Waals surface area contributed by atoms with Gasteiger partial charge in [-0.05, 0) is 62.3 Å². The molecular formula is C23H27ClFN5O3. The van der Waals surface area contributed by atoms with Gasteiger partial charge in [0.2, 0.25) is 11.9 Å². The number of allylic oxidation sites excluding steroid dienone is 3. The number of hydrogen-bond acceptors (Lipinski definition) is 7. The number of aliphatic hydroxyl groups excluding tert-OH is 1. The van der Waals surface area contributed by atoms with E-state index < -0.39 is 17.6 Å². The van der Waals surface area contributed by atoms with Crippen molar-refractivity contribution in [2.75, 3.05) is 23.8 Å². The van der Waals surface area contributed by atoms with E-state index in [-0.39, 0.29) is 37.7 Å². The predicted molar refractivity (Wildman–Crippen MR) is 127 cm³/mol. The zero-order valence-corrected chi connectivity index (χ0v) is 19.4. The van der Waals surface area contributed by atoms with E-state index in [4.69, 9.17) is 21.4 Å². The van der Waals surface area contributed by atoms with Gasteiger partial charge in [0.05, 0.1) is 25.4 Å². The minimum atomic E-state index is -0.559. The normalized spacial score (nSPS) is 16.1. The molecule has 1 unspecified atom stereocenters. The monoisotopic (exact) mass is 475 g/mol. The molecule has 0 saturated carbocycles. The molecule has 0 spiro atoms. The number of rotatable bonds is 9. The molecule has 1 heterocycles. The van der Waals surface area contributed by atoms with Crippen LogP contribution in [0.15, 0.2) is 64.4 Å². The number of ether oxygens (including phenoxy) is 1. The summed E-state index contributed by atoms with van der Waals surface area (Å²) in [6, 6.07) is 7.04. The summed E-state index contributed by atoms with van der Waals surface area (Å²) < 4.78 is 21.6. The molecule has 0 aliphatic heterocycles. The van der Waals surface area contributed by atoms with Crippen molar-refractivity contribution in [3.8, 4) is 0 Å². The zero-order chi connectivity index (χ0) is 24.0. The van der Waals surface area contributed by atoms with Crippen LogP contribution in [0.3, 0.4) is 0 Å². The minimum absolute atomic E-state index is 0.0526. The third kappa shape index (κ3) is 6.98. The molecule has 176 valence electrons. The first kappa shape index (κ1) is 24.6. The van der Waals surface area contributed by atoms with E-state index in [1.807, 2.05) is 20.8 Å². The van der Waals surface area contributed by atoms with Crippen molar-refractivity contribution in [2.24, 2.45) is 0 Å². The van der Waals surface area contributed by atoms with E-state index in [1.165, 1.54) is 16.7 Å². The summed E-state index contributed by atoms with van der Waals surface area (Å²) in [6.45, 7) is 5.77. The van der Waals surface area contributed by atoms with Crippen LogP contribution in [0, 0.1) is 0 Å². The lowest BCUT2D eigenvalue weighted by molar-refractivity contribution is 0.0603. The molecule has 0 saturated heterocycles. The van der Waals surface area contributed by atoms with Gasteiger partial charge >= 0.3 is 5.69 Å². The summed E-state index contributed by atoms with van der Waals surface area (Å²) in [5.74, 6) is -0.257. The van der Waals surface area contributed by atoms with Gasteiger partial charge in [0, 0.05) is 17.3 Å². The molecule has 0 bridgehead atoms. The molecular weight excluding hydrogens is 449 g/mol. The molecule has 1 aliphatic carbocycles. The van der Waals surface area contributed by atoms with Crippen molar-refractivity contribution in [2.45, 2.75) is 39.5 Å². The molecule has 8 nitrogen and oxygen atoms in total. The van der Waals surface area contributed by atoms with E-state index in [0.717, 1.165) is 11.1 Å². The molecule has 0 fully saturated rings. The first-order valence-corrected chi connectivity index (χ1v) is 10.9. The van der Waals surface area contributed by atoms with Crippen LogP contribution in [0.4, 0.5) is 16.3 Å². The van der Waals surface area contributed by atoms with Crippen LogP contribution in [0.2, 0.25) is 5.02 Å². The Bertz CT molecular complexity index is 1130. The van der Waals surface area contributed by atoms with Gasteiger partial charge < -0.3 is 20.5 Å². The first-order chi connectivity index (χ1) is 15.7. The van der Waals surface area contributed by atoms with Crippen LogP contribution in [0.5, 0.6) is 0 Å². The summed E-state index contributed by atoms with van der Waals surface area (Å²) in [4.78, 5) is 21.2. The molecule has 1 aromatic carbocycles. The number of hydrogen-bond donors (Lipinski definition) is 3. The van der Waals surface area contributed by atoms with Crippen molar-refractivity contribution < 1.29 is 14.2 Å². The lowest BCUT2D eigenvalue weighted by Crippen LogP contribution is -2.29. The lowest BCUT2D eigenvalue weighted by atomic mass is 10.2. The Morgan fingerprint density at radius 2 is 1.97 bits per heavy atom. The van der Waals surface area contributed by atoms with Gasteiger partial charge in [-0.3, -0.25) is 4.57 Å². The van der Waals surface area contributed by atoms with E-state index in [9.17, 15) is 9.18 Å². The summed E-state index contributed by atoms with van der Waals surface area (Å²) in [5, 5.41) is 15.5. The Morgan fingerprint density at radius 1 is 1.24 bits per heavy atom. The number of halogens is 2. The van der Waals surface area contributed by atoms with E-state index >= 15 is 0 Å². The summed E-state index contributed by atoms with van der Waals surface area (Å²) in [6.07, 6.45) is 3.90. The molecule has 33 heavy (non-hydrogen) atoms. The summed E-state index contributed by atoms with van der Waals surface area (Å²) in [5.41, 5.74) is 1.40. The van der Waals surface area contributed by atoms with E-state index in [1.54, 1.807) is 30.3 Å². The Kier molecular flexibility index (Phi) is 8.37. The second-order valence-corrected chi connectivity index (χ2v) is 8.19. The zero-order valence-electron chi connectivity index (χ0n) is 18.7. The number of anilines is 2. The van der Waals surface area contributed by atoms with Crippen molar-refractivity contribution in [3.05, 3.63) is 80.7 Å². The van der Waals surface area contributed by atoms with Crippen molar-refractivity contribution in [1.82, 2.24) is 14.5 Å². The second kappa shape index (κ2) is 11.2. The third-order valence-electron chi connectivity index (χ3n) is 4.67. The van der Waals surface area contributed by atoms with Crippen LogP contribution < -0.4 is 16.3 Å². The first-order valence-electron chi connectivity index (χ1n) is 10.5. The molecule has 2 aromatic rings. The van der Waals surface area contributed by atoms with Gasteiger partial charge in [0.15, 0.2) is 0 Å². The van der Waals surface area contributed by atoms with E-state index in [2.05, 4.69) is 20.6 Å². The largest absolute Gasteiger partial charge is 0.395 e. The number of benzene rings is 1. The van der Waals surface area contributed by atoms with E-state index in [0.29, 0.717) is 10.7 Å². The predicted octanol–water partition coefficient (Wildman–Crippen LogP) is 3.65. The lowest BCUT2D eigenvalue weighted by Gasteiger charge is -2.17. The Balaban J connectivity index is 1.98. The molecule has 10 heteroatoms. The second-order valence-electron chi connectivity index (χ2n) is 7.75. The topological polar surface area (TPSA) is 101 Å². The number of aliphatic hydroxyl groups is 1. The fraction of sp³-hybridized carbons (Fsp3) is 0.348. The quantitative estimate of drug-likeness (QED) is 0.509. The molecule has 0 radical (unpaired) electrons. The van der Waals surface area contributed by atoms with Gasteiger partial charge in [-0.1, -0.05) is 23.7 Å². The van der Waals surface area contributed by atoms with Gasteiger partial charge in [-0.15, -0.1) is 0 Å². The van der Waals surface area contributed by atoms with Crippen molar-refractivity contribution in [1.29, 1.82) is 0 Å². The number of nitrogens with one attached hydrogen (secondary N) is 2. The average Bonchev–Trinajstić information content (AvgIpc) is 2.87. The highest BCUT2D eigenvalue weighted by Gasteiger charge is 2.17. The van der Waals surface area contributed by atoms with Crippen molar-refractivity contribution >= 4 is 23.5 Å². The number of aromatic nitrogens is 3. The molecule has 3 rings (SSSR count). The molecule has 1 aromatic heterocycles. The number of nitrogens with zero attached hydrogens (tertiary/aromatic N) is 3. The highest BCUT2D eigenvalue weighted by Crippen LogP contribution is 2.23. The fourth-order valence-electron chi connectivity index (χ4n) is 3.17. The van der Waals surface area contributed by atoms with Crippen LogP contribution in [0.25, 0.3) is 0 Å². The van der Waals surface area contributed by atoms with Crippen LogP contribution in [-0.4, -0.2) is 45.0 Å². The summed E-state index contributed by atoms with van der Waals surface area (Å²) in [7, 11) is 0. The van der Waals surface area contributed by atoms with Gasteiger partial charge in [0.25, 0.3) is 0 Å². The highest BCUT2D eigenvalue weighted by molar-refractivity contribution is 6.30. The van der Waals surface area contributed by atoms with Gasteiger partial charge in [-0.25, -0.2) is 9.18 Å². The van der Waals surface area contributed by atoms with Gasteiger partial charge in [-0.2, -0.15) is 9.97 Å². The maximum atomic E-state index is 14.6. The van der Waals surface area contributed by atoms with Crippen molar-refractivity contribution in [3.63, 3.8) is 0 Å².